The summed E-state index contributed by atoms with van der Waals surface area (Å²) in [7, 11) is -2.21. The van der Waals surface area contributed by atoms with Gasteiger partial charge >= 0.3 is 0 Å². The Bertz CT molecular complexity index is 1210. The quantitative estimate of drug-likeness (QED) is 0.668. The molecule has 3 aromatic rings. The van der Waals surface area contributed by atoms with Crippen LogP contribution in [0, 0.1) is 6.92 Å². The minimum atomic E-state index is -3.75. The molecule has 1 amide bonds. The van der Waals surface area contributed by atoms with Crippen LogP contribution in [0.5, 0.6) is 11.5 Å². The van der Waals surface area contributed by atoms with Gasteiger partial charge in [-0.3, -0.25) is 4.79 Å². The van der Waals surface area contributed by atoms with Crippen LogP contribution in [0.4, 0.5) is 5.69 Å². The van der Waals surface area contributed by atoms with Gasteiger partial charge in [0.1, 0.15) is 5.75 Å². The highest BCUT2D eigenvalue weighted by molar-refractivity contribution is 7.89. The van der Waals surface area contributed by atoms with E-state index in [1.807, 2.05) is 49.4 Å². The number of nitrogens with one attached hydrogen (secondary N) is 1. The number of ether oxygens (including phenoxy) is 1. The smallest absolute Gasteiger partial charge is 0.259 e. The van der Waals surface area contributed by atoms with Crippen LogP contribution in [0.25, 0.3) is 0 Å². The van der Waals surface area contributed by atoms with Crippen molar-refractivity contribution < 1.29 is 17.9 Å². The number of hydrogen-bond donors (Lipinski definition) is 1. The van der Waals surface area contributed by atoms with Gasteiger partial charge in [0.15, 0.2) is 5.75 Å². The molecule has 0 atom stereocenters. The average molecular weight is 423 g/mol. The molecule has 0 saturated heterocycles. The van der Waals surface area contributed by atoms with E-state index in [9.17, 15) is 13.2 Å². The number of amides is 1. The second-order valence-corrected chi connectivity index (χ2v) is 9.32. The molecule has 0 spiro atoms. The molecule has 0 aliphatic carbocycles. The van der Waals surface area contributed by atoms with Gasteiger partial charge in [-0.1, -0.05) is 36.4 Å². The van der Waals surface area contributed by atoms with Crippen LogP contribution in [0.2, 0.25) is 0 Å². The molecule has 6 nitrogen and oxygen atoms in total. The van der Waals surface area contributed by atoms with E-state index in [2.05, 4.69) is 5.32 Å². The molecule has 154 valence electrons. The summed E-state index contributed by atoms with van der Waals surface area (Å²) in [5, 5.41) is 2.80. The Labute approximate surface area is 176 Å². The predicted molar refractivity (Wildman–Crippen MR) is 116 cm³/mol. The lowest BCUT2D eigenvalue weighted by molar-refractivity contribution is 0.102. The van der Waals surface area contributed by atoms with E-state index in [1.54, 1.807) is 13.1 Å². The van der Waals surface area contributed by atoms with Crippen molar-refractivity contribution in [3.8, 4) is 11.5 Å². The molecule has 1 N–H and O–H groups in total. The number of benzene rings is 3. The minimum absolute atomic E-state index is 0.0534. The van der Waals surface area contributed by atoms with Gasteiger partial charge in [-0.2, -0.15) is 0 Å². The number of sulfonamides is 1. The largest absolute Gasteiger partial charge is 0.454 e. The monoisotopic (exact) mass is 422 g/mol. The van der Waals surface area contributed by atoms with E-state index < -0.39 is 15.9 Å². The highest BCUT2D eigenvalue weighted by atomic mass is 32.2. The normalized spacial score (nSPS) is 13.1. The van der Waals surface area contributed by atoms with E-state index >= 15 is 0 Å². The van der Waals surface area contributed by atoms with Gasteiger partial charge in [-0.25, -0.2) is 12.7 Å². The van der Waals surface area contributed by atoms with Crippen LogP contribution >= 0.6 is 0 Å². The molecule has 0 fully saturated rings. The van der Waals surface area contributed by atoms with Crippen LogP contribution in [0.1, 0.15) is 21.5 Å². The Morgan fingerprint density at radius 3 is 2.47 bits per heavy atom. The summed E-state index contributed by atoms with van der Waals surface area (Å²) in [6.45, 7) is 2.25. The van der Waals surface area contributed by atoms with Crippen molar-refractivity contribution in [2.24, 2.45) is 0 Å². The summed E-state index contributed by atoms with van der Waals surface area (Å²) in [5.41, 5.74) is 2.77. The topological polar surface area (TPSA) is 75.7 Å². The number of likely N-dealkylation sites (N-methyl/N-ethyl adjacent to an activating group) is 1. The molecule has 0 saturated carbocycles. The number of rotatable bonds is 5. The maximum Gasteiger partial charge on any atom is 0.259 e. The first kappa shape index (κ1) is 20.1. The lowest BCUT2D eigenvalue weighted by atomic mass is 10.2. The van der Waals surface area contributed by atoms with Crippen molar-refractivity contribution in [2.75, 3.05) is 18.9 Å². The number of carbonyl (C=O) groups is 1. The van der Waals surface area contributed by atoms with E-state index in [1.165, 1.54) is 22.5 Å². The minimum Gasteiger partial charge on any atom is -0.454 e. The standard InChI is InChI=1S/C23H22N2O4S/c1-16-8-10-22-20(14-16)24-23(26)19-15-18(9-11-21(19)29-22)30(27,28)25(2)13-12-17-6-4-3-5-7-17/h3-11,14-15H,12-13H2,1-2H3,(H,24,26). The molecule has 1 heterocycles. The molecule has 0 aromatic heterocycles. The fourth-order valence-electron chi connectivity index (χ4n) is 3.31. The zero-order valence-corrected chi connectivity index (χ0v) is 17.6. The Morgan fingerprint density at radius 1 is 0.967 bits per heavy atom. The lowest BCUT2D eigenvalue weighted by Crippen LogP contribution is -2.29. The van der Waals surface area contributed by atoms with Gasteiger partial charge < -0.3 is 10.1 Å². The van der Waals surface area contributed by atoms with Crippen molar-refractivity contribution >= 4 is 21.6 Å². The van der Waals surface area contributed by atoms with E-state index in [-0.39, 0.29) is 10.5 Å². The molecule has 0 radical (unpaired) electrons. The van der Waals surface area contributed by atoms with Gasteiger partial charge in [0.05, 0.1) is 16.1 Å². The summed E-state index contributed by atoms with van der Waals surface area (Å²) < 4.78 is 33.3. The SMILES string of the molecule is Cc1ccc2c(c1)NC(=O)c1cc(S(=O)(=O)N(C)CCc3ccccc3)ccc1O2. The van der Waals surface area contributed by atoms with E-state index in [0.717, 1.165) is 11.1 Å². The number of carbonyl (C=O) groups excluding carboxylic acids is 1. The first-order valence-corrected chi connectivity index (χ1v) is 11.0. The highest BCUT2D eigenvalue weighted by Gasteiger charge is 2.26. The van der Waals surface area contributed by atoms with E-state index in [0.29, 0.717) is 30.2 Å². The third-order valence-corrected chi connectivity index (χ3v) is 6.92. The number of anilines is 1. The van der Waals surface area contributed by atoms with Gasteiger partial charge in [-0.05, 0) is 54.8 Å². The van der Waals surface area contributed by atoms with Gasteiger partial charge in [0.25, 0.3) is 5.91 Å². The maximum absolute atomic E-state index is 13.0. The van der Waals surface area contributed by atoms with Crippen molar-refractivity contribution in [2.45, 2.75) is 18.2 Å². The highest BCUT2D eigenvalue weighted by Crippen LogP contribution is 2.37. The fraction of sp³-hybridized carbons (Fsp3) is 0.174. The zero-order chi connectivity index (χ0) is 21.3. The number of nitrogens with zero attached hydrogens (tertiary/aromatic N) is 1. The van der Waals surface area contributed by atoms with Crippen molar-refractivity contribution in [1.29, 1.82) is 0 Å². The maximum atomic E-state index is 13.0. The van der Waals surface area contributed by atoms with Gasteiger partial charge in [0, 0.05) is 13.6 Å². The van der Waals surface area contributed by atoms with Crippen LogP contribution in [0.3, 0.4) is 0 Å². The van der Waals surface area contributed by atoms with Crippen LogP contribution in [0.15, 0.2) is 71.6 Å². The van der Waals surface area contributed by atoms with E-state index in [4.69, 9.17) is 4.74 Å². The number of fused-ring (bicyclic) bond motifs is 2. The Balaban J connectivity index is 1.60. The summed E-state index contributed by atoms with van der Waals surface area (Å²) >= 11 is 0. The molecule has 7 heteroatoms. The van der Waals surface area contributed by atoms with Gasteiger partial charge in [0.2, 0.25) is 10.0 Å². The number of hydrogen-bond acceptors (Lipinski definition) is 4. The van der Waals surface area contributed by atoms with Crippen LogP contribution in [-0.2, 0) is 16.4 Å². The molecule has 30 heavy (non-hydrogen) atoms. The van der Waals surface area contributed by atoms with Crippen molar-refractivity contribution in [3.63, 3.8) is 0 Å². The second kappa shape index (κ2) is 7.93. The zero-order valence-electron chi connectivity index (χ0n) is 16.8. The fourth-order valence-corrected chi connectivity index (χ4v) is 4.50. The Hall–Kier alpha value is -3.16. The number of aryl methyl sites for hydroxylation is 1. The molecule has 4 rings (SSSR count). The molecule has 1 aliphatic heterocycles. The Kier molecular flexibility index (Phi) is 5.32. The molecule has 0 bridgehead atoms. The third-order valence-electron chi connectivity index (χ3n) is 5.07. The van der Waals surface area contributed by atoms with Crippen LogP contribution < -0.4 is 10.1 Å². The molecule has 3 aromatic carbocycles. The average Bonchev–Trinajstić information content (AvgIpc) is 2.87. The summed E-state index contributed by atoms with van der Waals surface area (Å²) in [6.07, 6.45) is 0.597. The first-order chi connectivity index (χ1) is 14.3. The summed E-state index contributed by atoms with van der Waals surface area (Å²) in [6, 6.07) is 19.6. The lowest BCUT2D eigenvalue weighted by Gasteiger charge is -2.18. The molecule has 1 aliphatic rings. The summed E-state index contributed by atoms with van der Waals surface area (Å²) in [4.78, 5) is 12.8. The molecular weight excluding hydrogens is 400 g/mol. The predicted octanol–water partition coefficient (Wildman–Crippen LogP) is 4.22. The molecule has 0 unspecified atom stereocenters. The third kappa shape index (κ3) is 3.94. The Morgan fingerprint density at radius 2 is 1.70 bits per heavy atom. The second-order valence-electron chi connectivity index (χ2n) is 7.28. The van der Waals surface area contributed by atoms with Gasteiger partial charge in [-0.15, -0.1) is 0 Å². The first-order valence-electron chi connectivity index (χ1n) is 9.59. The van der Waals surface area contributed by atoms with Crippen molar-refractivity contribution in [1.82, 2.24) is 4.31 Å². The van der Waals surface area contributed by atoms with Crippen LogP contribution in [-0.4, -0.2) is 32.2 Å². The van der Waals surface area contributed by atoms with Crippen molar-refractivity contribution in [3.05, 3.63) is 83.4 Å². The summed E-state index contributed by atoms with van der Waals surface area (Å²) in [5.74, 6) is 0.433. The molecular formula is C23H22N2O4S.